The van der Waals surface area contributed by atoms with Gasteiger partial charge in [-0.25, -0.2) is 0 Å². The van der Waals surface area contributed by atoms with Crippen molar-refractivity contribution in [1.29, 1.82) is 0 Å². The normalized spacial score (nSPS) is 10.7. The summed E-state index contributed by atoms with van der Waals surface area (Å²) in [6.07, 6.45) is 1.71. The van der Waals surface area contributed by atoms with Crippen molar-refractivity contribution in [2.45, 2.75) is 13.8 Å². The van der Waals surface area contributed by atoms with Crippen LogP contribution < -0.4 is 10.1 Å². The zero-order valence-electron chi connectivity index (χ0n) is 12.5. The van der Waals surface area contributed by atoms with E-state index < -0.39 is 0 Å². The van der Waals surface area contributed by atoms with Gasteiger partial charge in [0.15, 0.2) is 0 Å². The third kappa shape index (κ3) is 4.60. The molecule has 0 aromatic heterocycles. The van der Waals surface area contributed by atoms with Crippen LogP contribution in [0.25, 0.3) is 0 Å². The number of carbonyl (C=O) groups excluding carboxylic acids is 1. The highest BCUT2D eigenvalue weighted by molar-refractivity contribution is 6.30. The molecule has 5 heteroatoms. The quantitative estimate of drug-likeness (QED) is 0.829. The third-order valence-corrected chi connectivity index (χ3v) is 3.05. The van der Waals surface area contributed by atoms with E-state index in [0.29, 0.717) is 11.6 Å². The Kier molecular flexibility index (Phi) is 5.55. The summed E-state index contributed by atoms with van der Waals surface area (Å²) in [6, 6.07) is 12.7. The molecular weight excluding hydrogens is 300 g/mol. The molecule has 2 rings (SSSR count). The smallest absolute Gasteiger partial charge is 0.221 e. The number of aliphatic imine (C=N–C) groups is 1. The van der Waals surface area contributed by atoms with Crippen molar-refractivity contribution in [2.24, 2.45) is 4.99 Å². The average molecular weight is 317 g/mol. The maximum atomic E-state index is 11.0. The zero-order chi connectivity index (χ0) is 15.9. The van der Waals surface area contributed by atoms with Crippen LogP contribution in [0, 0.1) is 0 Å². The number of halogens is 1. The fourth-order valence-electron chi connectivity index (χ4n) is 1.89. The van der Waals surface area contributed by atoms with Crippen molar-refractivity contribution in [3.8, 4) is 5.75 Å². The van der Waals surface area contributed by atoms with Crippen LogP contribution in [0.2, 0.25) is 5.02 Å². The van der Waals surface area contributed by atoms with Crippen LogP contribution in [0.1, 0.15) is 19.4 Å². The lowest BCUT2D eigenvalue weighted by Gasteiger charge is -2.07. The molecule has 0 saturated carbocycles. The van der Waals surface area contributed by atoms with Gasteiger partial charge in [-0.2, -0.15) is 0 Å². The summed E-state index contributed by atoms with van der Waals surface area (Å²) in [7, 11) is 0. The summed E-state index contributed by atoms with van der Waals surface area (Å²) < 4.78 is 5.55. The van der Waals surface area contributed by atoms with Gasteiger partial charge in [0, 0.05) is 29.4 Å². The summed E-state index contributed by atoms with van der Waals surface area (Å²) in [5.74, 6) is 0.641. The molecule has 4 nitrogen and oxygen atoms in total. The Morgan fingerprint density at radius 3 is 2.64 bits per heavy atom. The maximum Gasteiger partial charge on any atom is 0.221 e. The number of benzene rings is 2. The van der Waals surface area contributed by atoms with Gasteiger partial charge < -0.3 is 10.1 Å². The molecule has 1 amide bonds. The molecule has 114 valence electrons. The van der Waals surface area contributed by atoms with E-state index in [1.165, 1.54) is 6.92 Å². The molecule has 0 saturated heterocycles. The van der Waals surface area contributed by atoms with Crippen LogP contribution in [0.15, 0.2) is 47.5 Å². The standard InChI is InChI=1S/C17H17ClN2O2/c1-3-22-17-9-4-14(18)10-13(17)11-19-15-5-7-16(8-6-15)20-12(2)21/h4-11H,3H2,1-2H3,(H,20,21). The molecule has 2 aromatic rings. The molecule has 0 atom stereocenters. The van der Waals surface area contributed by atoms with Gasteiger partial charge in [-0.3, -0.25) is 9.79 Å². The van der Waals surface area contributed by atoms with Crippen LogP contribution in [-0.2, 0) is 4.79 Å². The van der Waals surface area contributed by atoms with Crippen LogP contribution in [0.4, 0.5) is 11.4 Å². The monoisotopic (exact) mass is 316 g/mol. The summed E-state index contributed by atoms with van der Waals surface area (Å²) in [5, 5.41) is 3.34. The fourth-order valence-corrected chi connectivity index (χ4v) is 2.07. The number of hydrogen-bond donors (Lipinski definition) is 1. The fraction of sp³-hybridized carbons (Fsp3) is 0.176. The average Bonchev–Trinajstić information content (AvgIpc) is 2.48. The SMILES string of the molecule is CCOc1ccc(Cl)cc1C=Nc1ccc(NC(C)=O)cc1. The molecule has 0 radical (unpaired) electrons. The lowest BCUT2D eigenvalue weighted by molar-refractivity contribution is -0.114. The molecule has 1 N–H and O–H groups in total. The predicted molar refractivity (Wildman–Crippen MR) is 90.6 cm³/mol. The first-order valence-corrected chi connectivity index (χ1v) is 7.30. The van der Waals surface area contributed by atoms with Gasteiger partial charge in [0.1, 0.15) is 5.75 Å². The van der Waals surface area contributed by atoms with Crippen LogP contribution in [-0.4, -0.2) is 18.7 Å². The Bertz CT molecular complexity index is 682. The Morgan fingerprint density at radius 2 is 2.00 bits per heavy atom. The highest BCUT2D eigenvalue weighted by atomic mass is 35.5. The van der Waals surface area contributed by atoms with E-state index in [2.05, 4.69) is 10.3 Å². The van der Waals surface area contributed by atoms with Crippen molar-refractivity contribution >= 4 is 35.1 Å². The summed E-state index contributed by atoms with van der Waals surface area (Å²) in [6.45, 7) is 3.98. The predicted octanol–water partition coefficient (Wildman–Crippen LogP) is 4.45. The first kappa shape index (κ1) is 16.0. The molecule has 0 unspecified atom stereocenters. The van der Waals surface area contributed by atoms with E-state index in [9.17, 15) is 4.79 Å². The molecule has 0 bridgehead atoms. The number of amides is 1. The number of nitrogens with one attached hydrogen (secondary N) is 1. The van der Waals surface area contributed by atoms with E-state index in [1.54, 1.807) is 24.4 Å². The van der Waals surface area contributed by atoms with Crippen LogP contribution in [0.5, 0.6) is 5.75 Å². The van der Waals surface area contributed by atoms with Crippen LogP contribution >= 0.6 is 11.6 Å². The van der Waals surface area contributed by atoms with Gasteiger partial charge in [0.05, 0.1) is 12.3 Å². The lowest BCUT2D eigenvalue weighted by Crippen LogP contribution is -2.04. The molecule has 0 heterocycles. The van der Waals surface area contributed by atoms with Crippen molar-refractivity contribution in [1.82, 2.24) is 0 Å². The van der Waals surface area contributed by atoms with Gasteiger partial charge >= 0.3 is 0 Å². The van der Waals surface area contributed by atoms with Gasteiger partial charge in [-0.1, -0.05) is 11.6 Å². The highest BCUT2D eigenvalue weighted by Gasteiger charge is 2.02. The Hall–Kier alpha value is -2.33. The molecule has 2 aromatic carbocycles. The first-order chi connectivity index (χ1) is 10.6. The van der Waals surface area contributed by atoms with Gasteiger partial charge in [0.2, 0.25) is 5.91 Å². The van der Waals surface area contributed by atoms with E-state index in [1.807, 2.05) is 31.2 Å². The largest absolute Gasteiger partial charge is 0.493 e. The third-order valence-electron chi connectivity index (χ3n) is 2.81. The second kappa shape index (κ2) is 7.61. The number of carbonyl (C=O) groups is 1. The van der Waals surface area contributed by atoms with Crippen molar-refractivity contribution in [3.05, 3.63) is 53.1 Å². The van der Waals surface area contributed by atoms with Gasteiger partial charge in [-0.05, 0) is 49.4 Å². The van der Waals surface area contributed by atoms with Gasteiger partial charge in [-0.15, -0.1) is 0 Å². The topological polar surface area (TPSA) is 50.7 Å². The zero-order valence-corrected chi connectivity index (χ0v) is 13.2. The summed E-state index contributed by atoms with van der Waals surface area (Å²) in [5.41, 5.74) is 2.33. The van der Waals surface area contributed by atoms with Crippen LogP contribution in [0.3, 0.4) is 0 Å². The van der Waals surface area contributed by atoms with Crippen molar-refractivity contribution < 1.29 is 9.53 Å². The number of anilines is 1. The highest BCUT2D eigenvalue weighted by Crippen LogP contribution is 2.23. The number of nitrogens with zero attached hydrogens (tertiary/aromatic N) is 1. The molecule has 22 heavy (non-hydrogen) atoms. The van der Waals surface area contributed by atoms with Crippen molar-refractivity contribution in [2.75, 3.05) is 11.9 Å². The van der Waals surface area contributed by atoms with Gasteiger partial charge in [0.25, 0.3) is 0 Å². The number of ether oxygens (including phenoxy) is 1. The molecule has 0 aliphatic rings. The summed E-state index contributed by atoms with van der Waals surface area (Å²) >= 11 is 6.01. The summed E-state index contributed by atoms with van der Waals surface area (Å²) in [4.78, 5) is 15.4. The minimum absolute atomic E-state index is 0.100. The molecule has 0 spiro atoms. The Balaban J connectivity index is 2.17. The molecule has 0 aliphatic heterocycles. The van der Waals surface area contributed by atoms with E-state index in [0.717, 1.165) is 22.7 Å². The molecular formula is C17H17ClN2O2. The second-order valence-electron chi connectivity index (χ2n) is 4.60. The first-order valence-electron chi connectivity index (χ1n) is 6.92. The molecule has 0 fully saturated rings. The second-order valence-corrected chi connectivity index (χ2v) is 5.04. The van der Waals surface area contributed by atoms with E-state index >= 15 is 0 Å². The number of rotatable bonds is 5. The van der Waals surface area contributed by atoms with E-state index in [-0.39, 0.29) is 5.91 Å². The Morgan fingerprint density at radius 1 is 1.27 bits per heavy atom. The van der Waals surface area contributed by atoms with Crippen molar-refractivity contribution in [3.63, 3.8) is 0 Å². The minimum Gasteiger partial charge on any atom is -0.493 e. The minimum atomic E-state index is -0.100. The number of hydrogen-bond acceptors (Lipinski definition) is 3. The Labute approximate surface area is 134 Å². The van der Waals surface area contributed by atoms with E-state index in [4.69, 9.17) is 16.3 Å². The molecule has 0 aliphatic carbocycles. The maximum absolute atomic E-state index is 11.0. The lowest BCUT2D eigenvalue weighted by atomic mass is 10.2.